The van der Waals surface area contributed by atoms with Crippen LogP contribution >= 0.6 is 22.9 Å². The van der Waals surface area contributed by atoms with E-state index in [9.17, 15) is 4.39 Å². The number of halogens is 2. The second-order valence-electron chi connectivity index (χ2n) is 6.27. The Bertz CT molecular complexity index is 1120. The number of ether oxygens (including phenoxy) is 1. The molecule has 142 valence electrons. The molecule has 0 radical (unpaired) electrons. The Hall–Kier alpha value is -2.70. The molecular weight excluding hydrogens is 397 g/mol. The van der Waals surface area contributed by atoms with Crippen molar-refractivity contribution in [2.45, 2.75) is 13.3 Å². The van der Waals surface area contributed by atoms with Crippen LogP contribution in [-0.2, 0) is 6.42 Å². The molecule has 4 aromatic rings. The molecule has 0 bridgehead atoms. The van der Waals surface area contributed by atoms with Crippen molar-refractivity contribution in [3.8, 4) is 22.8 Å². The van der Waals surface area contributed by atoms with E-state index in [0.717, 1.165) is 21.3 Å². The van der Waals surface area contributed by atoms with E-state index in [1.807, 2.05) is 48.1 Å². The number of hydrogen-bond donors (Lipinski definition) is 0. The maximum Gasteiger partial charge on any atom is 0.148 e. The van der Waals surface area contributed by atoms with Gasteiger partial charge in [-0.3, -0.25) is 4.57 Å². The summed E-state index contributed by atoms with van der Waals surface area (Å²) in [4.78, 5) is 10.3. The highest BCUT2D eigenvalue weighted by molar-refractivity contribution is 7.11. The highest BCUT2D eigenvalue weighted by Gasteiger charge is 2.17. The van der Waals surface area contributed by atoms with Crippen LogP contribution in [0, 0.1) is 12.7 Å². The minimum atomic E-state index is -0.356. The number of methoxy groups -OCH3 is 1. The molecule has 4 nitrogen and oxygen atoms in total. The summed E-state index contributed by atoms with van der Waals surface area (Å²) < 4.78 is 21.1. The summed E-state index contributed by atoms with van der Waals surface area (Å²) in [6, 6.07) is 12.0. The van der Waals surface area contributed by atoms with E-state index in [1.54, 1.807) is 17.4 Å². The zero-order chi connectivity index (χ0) is 19.7. The normalized spacial score (nSPS) is 11.0. The van der Waals surface area contributed by atoms with Crippen molar-refractivity contribution in [3.05, 3.63) is 81.3 Å². The monoisotopic (exact) mass is 413 g/mol. The third-order valence-corrected chi connectivity index (χ3v) is 5.45. The summed E-state index contributed by atoms with van der Waals surface area (Å²) in [5.41, 5.74) is 2.51. The first-order valence-electron chi connectivity index (χ1n) is 8.63. The minimum Gasteiger partial charge on any atom is -0.496 e. The summed E-state index contributed by atoms with van der Waals surface area (Å²) in [5, 5.41) is 1.68. The SMILES string of the molecule is COc1cc(F)ccc1-c1nc(Cc2cnc(C)s2)cn1-c1ccc(Cl)cc1. The molecule has 0 saturated heterocycles. The average Bonchev–Trinajstić information content (AvgIpc) is 3.28. The Balaban J connectivity index is 1.84. The number of imidazole rings is 1. The van der Waals surface area contributed by atoms with Crippen molar-refractivity contribution in [2.24, 2.45) is 0 Å². The van der Waals surface area contributed by atoms with E-state index >= 15 is 0 Å². The van der Waals surface area contributed by atoms with E-state index in [1.165, 1.54) is 19.2 Å². The van der Waals surface area contributed by atoms with Gasteiger partial charge in [0.2, 0.25) is 0 Å². The Labute approximate surface area is 171 Å². The molecule has 0 aliphatic carbocycles. The van der Waals surface area contributed by atoms with Gasteiger partial charge in [0, 0.05) is 40.5 Å². The van der Waals surface area contributed by atoms with Crippen molar-refractivity contribution < 1.29 is 9.13 Å². The van der Waals surface area contributed by atoms with Crippen LogP contribution in [0.25, 0.3) is 17.1 Å². The second kappa shape index (κ2) is 7.73. The first kappa shape index (κ1) is 18.7. The van der Waals surface area contributed by atoms with Crippen LogP contribution < -0.4 is 4.74 Å². The van der Waals surface area contributed by atoms with E-state index in [-0.39, 0.29) is 5.82 Å². The maximum absolute atomic E-state index is 13.7. The fourth-order valence-corrected chi connectivity index (χ4v) is 3.95. The molecule has 7 heteroatoms. The van der Waals surface area contributed by atoms with Crippen LogP contribution in [0.4, 0.5) is 4.39 Å². The fourth-order valence-electron chi connectivity index (χ4n) is 3.02. The Morgan fingerprint density at radius 1 is 1.18 bits per heavy atom. The van der Waals surface area contributed by atoms with Gasteiger partial charge < -0.3 is 4.74 Å². The van der Waals surface area contributed by atoms with Gasteiger partial charge >= 0.3 is 0 Å². The van der Waals surface area contributed by atoms with Crippen LogP contribution in [0.5, 0.6) is 5.75 Å². The molecule has 0 spiro atoms. The molecule has 2 heterocycles. The highest BCUT2D eigenvalue weighted by Crippen LogP contribution is 2.32. The van der Waals surface area contributed by atoms with Crippen LogP contribution in [0.15, 0.2) is 54.9 Å². The number of aryl methyl sites for hydroxylation is 1. The van der Waals surface area contributed by atoms with Gasteiger partial charge in [-0.05, 0) is 43.3 Å². The first-order valence-corrected chi connectivity index (χ1v) is 9.82. The summed E-state index contributed by atoms with van der Waals surface area (Å²) in [5.74, 6) is 0.752. The molecule has 0 atom stereocenters. The quantitative estimate of drug-likeness (QED) is 0.421. The number of benzene rings is 2. The number of thiazole rings is 1. The van der Waals surface area contributed by atoms with Crippen molar-refractivity contribution in [1.82, 2.24) is 14.5 Å². The minimum absolute atomic E-state index is 0.356. The predicted octanol–water partition coefficient (Wildman–Crippen LogP) is 5.70. The van der Waals surface area contributed by atoms with Crippen molar-refractivity contribution >= 4 is 22.9 Å². The van der Waals surface area contributed by atoms with Gasteiger partial charge in [-0.1, -0.05) is 11.6 Å². The summed E-state index contributed by atoms with van der Waals surface area (Å²) in [6.45, 7) is 1.98. The molecule has 28 heavy (non-hydrogen) atoms. The third-order valence-electron chi connectivity index (χ3n) is 4.29. The molecule has 0 unspecified atom stereocenters. The topological polar surface area (TPSA) is 39.9 Å². The lowest BCUT2D eigenvalue weighted by molar-refractivity contribution is 0.412. The van der Waals surface area contributed by atoms with Crippen molar-refractivity contribution in [1.29, 1.82) is 0 Å². The lowest BCUT2D eigenvalue weighted by atomic mass is 10.1. The van der Waals surface area contributed by atoms with Gasteiger partial charge in [-0.15, -0.1) is 11.3 Å². The molecule has 0 aliphatic heterocycles. The number of nitrogens with zero attached hydrogens (tertiary/aromatic N) is 3. The number of aromatic nitrogens is 3. The third kappa shape index (κ3) is 3.79. The van der Waals surface area contributed by atoms with Crippen LogP contribution in [0.1, 0.15) is 15.6 Å². The van der Waals surface area contributed by atoms with E-state index in [0.29, 0.717) is 28.6 Å². The van der Waals surface area contributed by atoms with Gasteiger partial charge in [-0.25, -0.2) is 14.4 Å². The molecule has 0 fully saturated rings. The molecule has 2 aromatic carbocycles. The average molecular weight is 414 g/mol. The Morgan fingerprint density at radius 2 is 1.96 bits per heavy atom. The van der Waals surface area contributed by atoms with Crippen LogP contribution in [0.3, 0.4) is 0 Å². The number of hydrogen-bond acceptors (Lipinski definition) is 4. The standard InChI is InChI=1S/C21H17ClFN3OS/c1-13-24-11-18(28-13)10-16-12-26(17-6-3-14(22)4-7-17)21(25-16)19-8-5-15(23)9-20(19)27-2/h3-9,11-12H,10H2,1-2H3. The van der Waals surface area contributed by atoms with E-state index in [4.69, 9.17) is 21.3 Å². The van der Waals surface area contributed by atoms with Crippen molar-refractivity contribution in [2.75, 3.05) is 7.11 Å². The summed E-state index contributed by atoms with van der Waals surface area (Å²) in [6.07, 6.45) is 4.53. The van der Waals surface area contributed by atoms with E-state index < -0.39 is 0 Å². The van der Waals surface area contributed by atoms with Crippen molar-refractivity contribution in [3.63, 3.8) is 0 Å². The van der Waals surface area contributed by atoms with Gasteiger partial charge in [0.25, 0.3) is 0 Å². The molecular formula is C21H17ClFN3OS. The largest absolute Gasteiger partial charge is 0.496 e. The molecule has 0 amide bonds. The second-order valence-corrected chi connectivity index (χ2v) is 8.03. The Kier molecular flexibility index (Phi) is 5.15. The zero-order valence-electron chi connectivity index (χ0n) is 15.3. The van der Waals surface area contributed by atoms with Gasteiger partial charge in [0.15, 0.2) is 0 Å². The number of rotatable bonds is 5. The lowest BCUT2D eigenvalue weighted by Crippen LogP contribution is -1.98. The van der Waals surface area contributed by atoms with Gasteiger partial charge in [-0.2, -0.15) is 0 Å². The van der Waals surface area contributed by atoms with E-state index in [2.05, 4.69) is 4.98 Å². The maximum atomic E-state index is 13.7. The molecule has 2 aromatic heterocycles. The molecule has 4 rings (SSSR count). The Morgan fingerprint density at radius 3 is 2.64 bits per heavy atom. The van der Waals surface area contributed by atoms with Crippen LogP contribution in [0.2, 0.25) is 5.02 Å². The molecule has 0 N–H and O–H groups in total. The van der Waals surface area contributed by atoms with Crippen LogP contribution in [-0.4, -0.2) is 21.6 Å². The van der Waals surface area contributed by atoms with Gasteiger partial charge in [0.05, 0.1) is 23.4 Å². The van der Waals surface area contributed by atoms with Gasteiger partial charge in [0.1, 0.15) is 17.4 Å². The predicted molar refractivity (Wildman–Crippen MR) is 110 cm³/mol. The summed E-state index contributed by atoms with van der Waals surface area (Å²) in [7, 11) is 1.52. The lowest BCUT2D eigenvalue weighted by Gasteiger charge is -2.11. The zero-order valence-corrected chi connectivity index (χ0v) is 16.9. The molecule has 0 saturated carbocycles. The first-order chi connectivity index (χ1) is 13.5. The highest BCUT2D eigenvalue weighted by atomic mass is 35.5. The smallest absolute Gasteiger partial charge is 0.148 e. The fraction of sp³-hybridized carbons (Fsp3) is 0.143. The molecule has 0 aliphatic rings. The summed E-state index contributed by atoms with van der Waals surface area (Å²) >= 11 is 7.69.